The summed E-state index contributed by atoms with van der Waals surface area (Å²) in [6.45, 7) is 7.05. The van der Waals surface area contributed by atoms with Crippen molar-refractivity contribution in [2.75, 3.05) is 13.1 Å². The van der Waals surface area contributed by atoms with Crippen LogP contribution in [0.4, 0.5) is 4.79 Å². The fourth-order valence-electron chi connectivity index (χ4n) is 2.17. The fraction of sp³-hybridized carbons (Fsp3) is 0.750. The summed E-state index contributed by atoms with van der Waals surface area (Å²) < 4.78 is 5.30. The smallest absolute Gasteiger partial charge is 0.410 e. The first-order chi connectivity index (χ1) is 6.86. The zero-order chi connectivity index (χ0) is 11.3. The molecule has 1 aliphatic heterocycles. The van der Waals surface area contributed by atoms with Crippen LogP contribution in [0.15, 0.2) is 0 Å². The Hall–Kier alpha value is -1.17. The molecular formula is C12H17NO2. The Morgan fingerprint density at radius 3 is 2.73 bits per heavy atom. The fourth-order valence-corrected chi connectivity index (χ4v) is 2.17. The van der Waals surface area contributed by atoms with E-state index >= 15 is 0 Å². The van der Waals surface area contributed by atoms with E-state index in [1.165, 1.54) is 0 Å². The first-order valence-electron chi connectivity index (χ1n) is 5.32. The largest absolute Gasteiger partial charge is 0.444 e. The maximum atomic E-state index is 11.7. The molecule has 2 fully saturated rings. The van der Waals surface area contributed by atoms with Gasteiger partial charge in [-0.05, 0) is 33.1 Å². The third-order valence-corrected chi connectivity index (χ3v) is 3.08. The topological polar surface area (TPSA) is 29.5 Å². The molecule has 1 saturated carbocycles. The van der Waals surface area contributed by atoms with Crippen molar-refractivity contribution in [3.8, 4) is 12.3 Å². The van der Waals surface area contributed by atoms with Gasteiger partial charge in [-0.15, -0.1) is 6.42 Å². The predicted molar refractivity (Wildman–Crippen MR) is 57.2 cm³/mol. The molecule has 0 aromatic rings. The van der Waals surface area contributed by atoms with E-state index in [0.29, 0.717) is 12.5 Å². The van der Waals surface area contributed by atoms with Crippen LogP contribution in [0.3, 0.4) is 0 Å². The van der Waals surface area contributed by atoms with Gasteiger partial charge in [0.2, 0.25) is 0 Å². The minimum Gasteiger partial charge on any atom is -0.444 e. The Bertz CT molecular complexity index is 337. The number of ether oxygens (including phenoxy) is 1. The van der Waals surface area contributed by atoms with Gasteiger partial charge in [0.1, 0.15) is 5.60 Å². The summed E-state index contributed by atoms with van der Waals surface area (Å²) in [6, 6.07) is 0. The van der Waals surface area contributed by atoms with Gasteiger partial charge >= 0.3 is 6.09 Å². The molecule has 2 aliphatic rings. The normalized spacial score (nSPS) is 33.2. The second-order valence-electron chi connectivity index (χ2n) is 5.56. The van der Waals surface area contributed by atoms with Gasteiger partial charge in [-0.3, -0.25) is 0 Å². The molecule has 0 unspecified atom stereocenters. The first-order valence-corrected chi connectivity index (χ1v) is 5.32. The molecule has 3 heteroatoms. The van der Waals surface area contributed by atoms with Crippen molar-refractivity contribution in [3.05, 3.63) is 0 Å². The monoisotopic (exact) mass is 207 g/mol. The standard InChI is InChI=1S/C12H17NO2/c1-5-12-6-9(12)7-13(8-12)10(14)15-11(2,3)4/h1,9H,6-8H2,2-4H3/t9-,12-/m0/s1. The lowest BCUT2D eigenvalue weighted by atomic mass is 10.1. The average Bonchev–Trinajstić information content (AvgIpc) is 2.66. The number of fused-ring (bicyclic) bond motifs is 1. The summed E-state index contributed by atoms with van der Waals surface area (Å²) >= 11 is 0. The Kier molecular flexibility index (Phi) is 2.01. The van der Waals surface area contributed by atoms with E-state index in [-0.39, 0.29) is 11.5 Å². The van der Waals surface area contributed by atoms with E-state index in [4.69, 9.17) is 11.2 Å². The maximum absolute atomic E-state index is 11.7. The quantitative estimate of drug-likeness (QED) is 0.567. The van der Waals surface area contributed by atoms with Crippen molar-refractivity contribution in [2.45, 2.75) is 32.8 Å². The van der Waals surface area contributed by atoms with Crippen molar-refractivity contribution < 1.29 is 9.53 Å². The van der Waals surface area contributed by atoms with Crippen LogP contribution in [0, 0.1) is 23.7 Å². The van der Waals surface area contributed by atoms with Gasteiger partial charge in [-0.25, -0.2) is 4.79 Å². The van der Waals surface area contributed by atoms with Gasteiger partial charge in [0.25, 0.3) is 0 Å². The summed E-state index contributed by atoms with van der Waals surface area (Å²) in [4.78, 5) is 13.5. The number of likely N-dealkylation sites (tertiary alicyclic amines) is 1. The van der Waals surface area contributed by atoms with Crippen LogP contribution in [0.2, 0.25) is 0 Å². The van der Waals surface area contributed by atoms with E-state index in [2.05, 4.69) is 5.92 Å². The molecule has 1 saturated heterocycles. The molecule has 0 radical (unpaired) electrons. The highest BCUT2D eigenvalue weighted by Gasteiger charge is 2.60. The number of piperidine rings is 1. The number of hydrogen-bond acceptors (Lipinski definition) is 2. The molecule has 2 atom stereocenters. The number of rotatable bonds is 0. The lowest BCUT2D eigenvalue weighted by Crippen LogP contribution is -2.37. The molecule has 1 amide bonds. The minimum atomic E-state index is -0.423. The Morgan fingerprint density at radius 2 is 2.27 bits per heavy atom. The van der Waals surface area contributed by atoms with Crippen molar-refractivity contribution in [1.29, 1.82) is 0 Å². The van der Waals surface area contributed by atoms with Crippen LogP contribution >= 0.6 is 0 Å². The Balaban J connectivity index is 1.93. The molecule has 0 aromatic heterocycles. The highest BCUT2D eigenvalue weighted by atomic mass is 16.6. The molecular weight excluding hydrogens is 190 g/mol. The lowest BCUT2D eigenvalue weighted by Gasteiger charge is -2.25. The number of terminal acetylenes is 1. The summed E-state index contributed by atoms with van der Waals surface area (Å²) in [7, 11) is 0. The molecule has 0 spiro atoms. The highest BCUT2D eigenvalue weighted by Crippen LogP contribution is 2.57. The predicted octanol–water partition coefficient (Wildman–Crippen LogP) is 1.88. The number of amides is 1. The molecule has 1 heterocycles. The number of hydrogen-bond donors (Lipinski definition) is 0. The first kappa shape index (κ1) is 10.4. The molecule has 82 valence electrons. The molecule has 0 N–H and O–H groups in total. The Labute approximate surface area is 90.8 Å². The van der Waals surface area contributed by atoms with Gasteiger partial charge in [0.15, 0.2) is 0 Å². The zero-order valence-corrected chi connectivity index (χ0v) is 9.54. The van der Waals surface area contributed by atoms with Gasteiger partial charge < -0.3 is 9.64 Å². The van der Waals surface area contributed by atoms with Crippen LogP contribution in [-0.2, 0) is 4.74 Å². The summed E-state index contributed by atoms with van der Waals surface area (Å²) in [5.41, 5.74) is -0.440. The second-order valence-corrected chi connectivity index (χ2v) is 5.56. The summed E-state index contributed by atoms with van der Waals surface area (Å²) in [5, 5.41) is 0. The lowest BCUT2D eigenvalue weighted by molar-refractivity contribution is 0.0268. The summed E-state index contributed by atoms with van der Waals surface area (Å²) in [5.74, 6) is 3.32. The van der Waals surface area contributed by atoms with E-state index in [9.17, 15) is 4.79 Å². The van der Waals surface area contributed by atoms with Gasteiger partial charge in [-0.2, -0.15) is 0 Å². The van der Waals surface area contributed by atoms with Crippen LogP contribution in [0.1, 0.15) is 27.2 Å². The average molecular weight is 207 g/mol. The third-order valence-electron chi connectivity index (χ3n) is 3.08. The molecule has 0 aromatic carbocycles. The number of nitrogens with zero attached hydrogens (tertiary/aromatic N) is 1. The molecule has 15 heavy (non-hydrogen) atoms. The van der Waals surface area contributed by atoms with Crippen molar-refractivity contribution >= 4 is 6.09 Å². The van der Waals surface area contributed by atoms with Crippen LogP contribution < -0.4 is 0 Å². The van der Waals surface area contributed by atoms with Crippen LogP contribution in [0.25, 0.3) is 0 Å². The minimum absolute atomic E-state index is 0.0170. The van der Waals surface area contributed by atoms with E-state index in [1.54, 1.807) is 4.90 Å². The number of carbonyl (C=O) groups is 1. The molecule has 0 bridgehead atoms. The summed E-state index contributed by atoms with van der Waals surface area (Å²) in [6.07, 6.45) is 6.31. The molecule has 2 rings (SSSR count). The van der Waals surface area contributed by atoms with Crippen molar-refractivity contribution in [3.63, 3.8) is 0 Å². The third kappa shape index (κ3) is 1.81. The highest BCUT2D eigenvalue weighted by molar-refractivity contribution is 5.69. The SMILES string of the molecule is C#C[C@@]12C[C@H]1CN(C(=O)OC(C)(C)C)C2. The van der Waals surface area contributed by atoms with E-state index in [0.717, 1.165) is 13.0 Å². The Morgan fingerprint density at radius 1 is 1.60 bits per heavy atom. The van der Waals surface area contributed by atoms with Crippen molar-refractivity contribution in [2.24, 2.45) is 11.3 Å². The molecule has 1 aliphatic carbocycles. The van der Waals surface area contributed by atoms with Gasteiger partial charge in [0, 0.05) is 13.1 Å². The van der Waals surface area contributed by atoms with E-state index < -0.39 is 5.60 Å². The zero-order valence-electron chi connectivity index (χ0n) is 9.54. The van der Waals surface area contributed by atoms with Gasteiger partial charge in [0.05, 0.1) is 5.41 Å². The maximum Gasteiger partial charge on any atom is 0.410 e. The van der Waals surface area contributed by atoms with E-state index in [1.807, 2.05) is 20.8 Å². The van der Waals surface area contributed by atoms with Crippen LogP contribution in [-0.4, -0.2) is 29.7 Å². The van der Waals surface area contributed by atoms with Gasteiger partial charge in [-0.1, -0.05) is 5.92 Å². The molecule has 3 nitrogen and oxygen atoms in total. The second kappa shape index (κ2) is 2.91. The van der Waals surface area contributed by atoms with Crippen molar-refractivity contribution in [1.82, 2.24) is 4.90 Å². The number of carbonyl (C=O) groups excluding carboxylic acids is 1. The van der Waals surface area contributed by atoms with Crippen LogP contribution in [0.5, 0.6) is 0 Å².